The van der Waals surface area contributed by atoms with Crippen LogP contribution in [0.1, 0.15) is 10.5 Å². The smallest absolute Gasteiger partial charge is 0.497 e. The summed E-state index contributed by atoms with van der Waals surface area (Å²) in [6.45, 7) is 0. The SMILES string of the molecule is COc1cc(OC(F)(F)F)cc(-c2cc(C(=O)O)nn2-c2ccnc(Cl)c2)c1. The summed E-state index contributed by atoms with van der Waals surface area (Å²) in [5.74, 6) is -1.76. The molecular formula is C17H11ClF3N3O4. The molecule has 11 heteroatoms. The summed E-state index contributed by atoms with van der Waals surface area (Å²) in [4.78, 5) is 15.2. The molecule has 0 radical (unpaired) electrons. The summed E-state index contributed by atoms with van der Waals surface area (Å²) in [5.41, 5.74) is 0.421. The van der Waals surface area contributed by atoms with Crippen LogP contribution in [0.5, 0.6) is 11.5 Å². The lowest BCUT2D eigenvalue weighted by Crippen LogP contribution is -2.17. The molecule has 0 amide bonds. The summed E-state index contributed by atoms with van der Waals surface area (Å²) < 4.78 is 48.1. The molecule has 146 valence electrons. The lowest BCUT2D eigenvalue weighted by molar-refractivity contribution is -0.274. The van der Waals surface area contributed by atoms with Gasteiger partial charge in [-0.1, -0.05) is 11.6 Å². The molecule has 1 aromatic carbocycles. The topological polar surface area (TPSA) is 86.5 Å². The lowest BCUT2D eigenvalue weighted by Gasteiger charge is -2.13. The monoisotopic (exact) mass is 413 g/mol. The zero-order valence-corrected chi connectivity index (χ0v) is 14.8. The Hall–Kier alpha value is -3.27. The van der Waals surface area contributed by atoms with Gasteiger partial charge in [0.25, 0.3) is 0 Å². The number of methoxy groups -OCH3 is 1. The molecular weight excluding hydrogens is 403 g/mol. The van der Waals surface area contributed by atoms with Crippen molar-refractivity contribution in [2.75, 3.05) is 7.11 Å². The summed E-state index contributed by atoms with van der Waals surface area (Å²) in [6.07, 6.45) is -3.53. The molecule has 0 aliphatic rings. The molecule has 0 bridgehead atoms. The molecule has 0 aliphatic heterocycles. The van der Waals surface area contributed by atoms with Crippen molar-refractivity contribution >= 4 is 17.6 Å². The highest BCUT2D eigenvalue weighted by molar-refractivity contribution is 6.29. The van der Waals surface area contributed by atoms with Crippen LogP contribution in [0.2, 0.25) is 5.15 Å². The van der Waals surface area contributed by atoms with Crippen molar-refractivity contribution in [2.45, 2.75) is 6.36 Å². The fraction of sp³-hybridized carbons (Fsp3) is 0.118. The summed E-state index contributed by atoms with van der Waals surface area (Å²) in [5, 5.41) is 13.4. The fourth-order valence-corrected chi connectivity index (χ4v) is 2.61. The Bertz CT molecular complexity index is 1040. The second-order valence-electron chi connectivity index (χ2n) is 5.41. The number of benzene rings is 1. The van der Waals surface area contributed by atoms with Gasteiger partial charge in [0.15, 0.2) is 5.69 Å². The van der Waals surface area contributed by atoms with Crippen LogP contribution in [0.25, 0.3) is 16.9 Å². The molecule has 0 aliphatic carbocycles. The molecule has 28 heavy (non-hydrogen) atoms. The van der Waals surface area contributed by atoms with Gasteiger partial charge in [0.2, 0.25) is 0 Å². The molecule has 2 aromatic heterocycles. The van der Waals surface area contributed by atoms with Crippen LogP contribution in [-0.4, -0.2) is 39.3 Å². The molecule has 1 N–H and O–H groups in total. The molecule has 0 unspecified atom stereocenters. The Kier molecular flexibility index (Phi) is 5.14. The molecule has 0 saturated carbocycles. The van der Waals surface area contributed by atoms with Gasteiger partial charge in [0, 0.05) is 23.9 Å². The predicted octanol–water partition coefficient (Wildman–Crippen LogP) is 4.19. The van der Waals surface area contributed by atoms with Gasteiger partial charge in [-0.3, -0.25) is 0 Å². The normalized spacial score (nSPS) is 11.3. The van der Waals surface area contributed by atoms with Gasteiger partial charge in [-0.25, -0.2) is 14.5 Å². The Morgan fingerprint density at radius 1 is 1.18 bits per heavy atom. The largest absolute Gasteiger partial charge is 0.573 e. The Labute approximate surface area is 160 Å². The molecule has 0 atom stereocenters. The Morgan fingerprint density at radius 3 is 2.50 bits per heavy atom. The number of pyridine rings is 1. The second kappa shape index (κ2) is 7.39. The standard InChI is InChI=1S/C17H11ClF3N3O4/c1-27-11-4-9(5-12(7-11)28-17(19,20)21)14-8-13(16(25)26)23-24(14)10-2-3-22-15(18)6-10/h2-8H,1H3,(H,25,26). The van der Waals surface area contributed by atoms with Crippen molar-refractivity contribution in [3.05, 3.63) is 53.4 Å². The van der Waals surface area contributed by atoms with Crippen LogP contribution >= 0.6 is 11.6 Å². The third kappa shape index (κ3) is 4.34. The number of carbonyl (C=O) groups is 1. The number of nitrogens with zero attached hydrogens (tertiary/aromatic N) is 3. The molecule has 3 aromatic rings. The molecule has 0 saturated heterocycles. The summed E-state index contributed by atoms with van der Waals surface area (Å²) >= 11 is 5.87. The third-order valence-corrected chi connectivity index (χ3v) is 3.73. The maximum absolute atomic E-state index is 12.6. The average Bonchev–Trinajstić information content (AvgIpc) is 3.05. The van der Waals surface area contributed by atoms with E-state index in [2.05, 4.69) is 14.8 Å². The van der Waals surface area contributed by atoms with E-state index in [1.807, 2.05) is 0 Å². The summed E-state index contributed by atoms with van der Waals surface area (Å²) in [7, 11) is 1.28. The van der Waals surface area contributed by atoms with Crippen LogP contribution in [0.3, 0.4) is 0 Å². The predicted molar refractivity (Wildman–Crippen MR) is 92.0 cm³/mol. The maximum atomic E-state index is 12.6. The van der Waals surface area contributed by atoms with E-state index in [9.17, 15) is 23.1 Å². The van der Waals surface area contributed by atoms with Crippen molar-refractivity contribution in [2.24, 2.45) is 0 Å². The number of hydrogen-bond donors (Lipinski definition) is 1. The molecule has 0 fully saturated rings. The number of alkyl halides is 3. The minimum absolute atomic E-state index is 0.0779. The zero-order valence-electron chi connectivity index (χ0n) is 14.1. The first kappa shape index (κ1) is 19.5. The molecule has 0 spiro atoms. The van der Waals surface area contributed by atoms with E-state index >= 15 is 0 Å². The minimum atomic E-state index is -4.91. The number of ether oxygens (including phenoxy) is 2. The molecule has 2 heterocycles. The van der Waals surface area contributed by atoms with Crippen LogP contribution < -0.4 is 9.47 Å². The quantitative estimate of drug-likeness (QED) is 0.631. The second-order valence-corrected chi connectivity index (χ2v) is 5.80. The number of carboxylic acid groups (broad SMARTS) is 1. The van der Waals surface area contributed by atoms with Gasteiger partial charge in [0.1, 0.15) is 16.7 Å². The van der Waals surface area contributed by atoms with E-state index in [4.69, 9.17) is 16.3 Å². The van der Waals surface area contributed by atoms with Gasteiger partial charge in [-0.2, -0.15) is 5.10 Å². The van der Waals surface area contributed by atoms with Gasteiger partial charge < -0.3 is 14.6 Å². The first-order chi connectivity index (χ1) is 13.2. The summed E-state index contributed by atoms with van der Waals surface area (Å²) in [6, 6.07) is 7.73. The highest BCUT2D eigenvalue weighted by Crippen LogP contribution is 2.34. The van der Waals surface area contributed by atoms with Gasteiger partial charge in [-0.15, -0.1) is 13.2 Å². The Morgan fingerprint density at radius 2 is 1.89 bits per heavy atom. The van der Waals surface area contributed by atoms with Crippen molar-refractivity contribution in [3.8, 4) is 28.4 Å². The minimum Gasteiger partial charge on any atom is -0.497 e. The molecule has 3 rings (SSSR count). The molecule has 7 nitrogen and oxygen atoms in total. The first-order valence-electron chi connectivity index (χ1n) is 7.57. The van der Waals surface area contributed by atoms with E-state index < -0.39 is 18.1 Å². The van der Waals surface area contributed by atoms with Crippen molar-refractivity contribution in [1.82, 2.24) is 14.8 Å². The number of rotatable bonds is 5. The highest BCUT2D eigenvalue weighted by atomic mass is 35.5. The van der Waals surface area contributed by atoms with Gasteiger partial charge in [-0.05, 0) is 24.3 Å². The average molecular weight is 414 g/mol. The van der Waals surface area contributed by atoms with Crippen molar-refractivity contribution < 1.29 is 32.5 Å². The van der Waals surface area contributed by atoms with E-state index in [1.165, 1.54) is 42.3 Å². The Balaban J connectivity index is 2.20. The number of aromatic nitrogens is 3. The maximum Gasteiger partial charge on any atom is 0.573 e. The number of aromatic carboxylic acids is 1. The van der Waals surface area contributed by atoms with Gasteiger partial charge >= 0.3 is 12.3 Å². The number of hydrogen-bond acceptors (Lipinski definition) is 5. The third-order valence-electron chi connectivity index (χ3n) is 3.53. The van der Waals surface area contributed by atoms with E-state index in [-0.39, 0.29) is 27.9 Å². The lowest BCUT2D eigenvalue weighted by atomic mass is 10.1. The van der Waals surface area contributed by atoms with E-state index in [0.29, 0.717) is 5.69 Å². The van der Waals surface area contributed by atoms with Crippen LogP contribution in [0.15, 0.2) is 42.6 Å². The zero-order chi connectivity index (χ0) is 20.5. The van der Waals surface area contributed by atoms with Crippen molar-refractivity contribution in [1.29, 1.82) is 0 Å². The number of halogens is 4. The van der Waals surface area contributed by atoms with Crippen molar-refractivity contribution in [3.63, 3.8) is 0 Å². The van der Waals surface area contributed by atoms with Gasteiger partial charge in [0.05, 0.1) is 18.5 Å². The fourth-order valence-electron chi connectivity index (χ4n) is 2.44. The van der Waals surface area contributed by atoms with Crippen LogP contribution in [0.4, 0.5) is 13.2 Å². The van der Waals surface area contributed by atoms with Crippen LogP contribution in [-0.2, 0) is 0 Å². The highest BCUT2D eigenvalue weighted by Gasteiger charge is 2.31. The van der Waals surface area contributed by atoms with E-state index in [1.54, 1.807) is 0 Å². The number of carboxylic acids is 1. The van der Waals surface area contributed by atoms with E-state index in [0.717, 1.165) is 12.1 Å². The first-order valence-corrected chi connectivity index (χ1v) is 7.94. The van der Waals surface area contributed by atoms with Crippen LogP contribution in [0, 0.1) is 0 Å².